The van der Waals surface area contributed by atoms with Crippen LogP contribution in [0.2, 0.25) is 0 Å². The number of aryl methyl sites for hydroxylation is 1. The standard InChI is InChI=1S/C15H23NOS/c1-12-4-3-5-14(10-12)18-11-15(16-2)13-6-8-17-9-7-13/h3-5,10,13,15-16H,6-9,11H2,1-2H3. The fourth-order valence-electron chi connectivity index (χ4n) is 2.46. The molecule has 3 heteroatoms. The summed E-state index contributed by atoms with van der Waals surface area (Å²) in [5.74, 6) is 1.91. The summed E-state index contributed by atoms with van der Waals surface area (Å²) in [6, 6.07) is 9.35. The fraction of sp³-hybridized carbons (Fsp3) is 0.600. The first kappa shape index (κ1) is 13.9. The predicted octanol–water partition coefficient (Wildman–Crippen LogP) is 3.10. The molecule has 0 amide bonds. The average Bonchev–Trinajstić information content (AvgIpc) is 2.41. The van der Waals surface area contributed by atoms with Crippen LogP contribution in [0.25, 0.3) is 0 Å². The Morgan fingerprint density at radius 3 is 2.83 bits per heavy atom. The van der Waals surface area contributed by atoms with E-state index in [4.69, 9.17) is 4.74 Å². The normalized spacial score (nSPS) is 18.8. The van der Waals surface area contributed by atoms with Gasteiger partial charge in [0.15, 0.2) is 0 Å². The molecule has 0 aliphatic carbocycles. The third kappa shape index (κ3) is 4.01. The van der Waals surface area contributed by atoms with Gasteiger partial charge in [0, 0.05) is 29.9 Å². The zero-order chi connectivity index (χ0) is 12.8. The van der Waals surface area contributed by atoms with Crippen molar-refractivity contribution in [3.05, 3.63) is 29.8 Å². The quantitative estimate of drug-likeness (QED) is 0.827. The number of benzene rings is 1. The van der Waals surface area contributed by atoms with E-state index in [1.807, 2.05) is 11.8 Å². The molecule has 0 spiro atoms. The van der Waals surface area contributed by atoms with Crippen molar-refractivity contribution >= 4 is 11.8 Å². The Balaban J connectivity index is 1.86. The lowest BCUT2D eigenvalue weighted by atomic mass is 9.93. The van der Waals surface area contributed by atoms with E-state index >= 15 is 0 Å². The number of hydrogen-bond acceptors (Lipinski definition) is 3. The summed E-state index contributed by atoms with van der Waals surface area (Å²) in [5.41, 5.74) is 1.34. The van der Waals surface area contributed by atoms with E-state index in [0.717, 1.165) is 24.9 Å². The minimum atomic E-state index is 0.597. The van der Waals surface area contributed by atoms with Gasteiger partial charge in [0.25, 0.3) is 0 Å². The molecule has 0 radical (unpaired) electrons. The molecule has 1 aromatic rings. The zero-order valence-corrected chi connectivity index (χ0v) is 12.1. The third-order valence-electron chi connectivity index (χ3n) is 3.62. The van der Waals surface area contributed by atoms with E-state index in [1.165, 1.54) is 23.3 Å². The van der Waals surface area contributed by atoms with Gasteiger partial charge in [-0.05, 0) is 44.9 Å². The molecular formula is C15H23NOS. The molecule has 1 N–H and O–H groups in total. The number of rotatable bonds is 5. The molecular weight excluding hydrogens is 242 g/mol. The number of hydrogen-bond donors (Lipinski definition) is 1. The lowest BCUT2D eigenvalue weighted by Gasteiger charge is -2.29. The van der Waals surface area contributed by atoms with Crippen LogP contribution >= 0.6 is 11.8 Å². The Morgan fingerprint density at radius 2 is 2.17 bits per heavy atom. The van der Waals surface area contributed by atoms with Gasteiger partial charge >= 0.3 is 0 Å². The molecule has 2 nitrogen and oxygen atoms in total. The van der Waals surface area contributed by atoms with Gasteiger partial charge in [-0.15, -0.1) is 11.8 Å². The highest BCUT2D eigenvalue weighted by atomic mass is 32.2. The molecule has 1 fully saturated rings. The maximum atomic E-state index is 5.44. The topological polar surface area (TPSA) is 21.3 Å². The van der Waals surface area contributed by atoms with Crippen LogP contribution in [0.15, 0.2) is 29.2 Å². The van der Waals surface area contributed by atoms with Crippen molar-refractivity contribution in [3.63, 3.8) is 0 Å². The molecule has 100 valence electrons. The van der Waals surface area contributed by atoms with Crippen LogP contribution in [0.1, 0.15) is 18.4 Å². The number of thioether (sulfide) groups is 1. The smallest absolute Gasteiger partial charge is 0.0469 e. The van der Waals surface area contributed by atoms with Gasteiger partial charge in [-0.3, -0.25) is 0 Å². The van der Waals surface area contributed by atoms with Crippen molar-refractivity contribution in [2.24, 2.45) is 5.92 Å². The van der Waals surface area contributed by atoms with Crippen molar-refractivity contribution < 1.29 is 4.74 Å². The lowest BCUT2D eigenvalue weighted by molar-refractivity contribution is 0.0575. The zero-order valence-electron chi connectivity index (χ0n) is 11.3. The second-order valence-electron chi connectivity index (χ2n) is 4.97. The molecule has 1 aliphatic heterocycles. The maximum absolute atomic E-state index is 5.44. The van der Waals surface area contributed by atoms with E-state index < -0.39 is 0 Å². The van der Waals surface area contributed by atoms with Crippen molar-refractivity contribution in [1.29, 1.82) is 0 Å². The van der Waals surface area contributed by atoms with E-state index in [2.05, 4.69) is 43.6 Å². The summed E-state index contributed by atoms with van der Waals surface area (Å²) in [4.78, 5) is 1.38. The highest BCUT2D eigenvalue weighted by Gasteiger charge is 2.22. The molecule has 0 saturated carbocycles. The fourth-order valence-corrected chi connectivity index (χ4v) is 3.72. The SMILES string of the molecule is CNC(CSc1cccc(C)c1)C1CCOCC1. The average molecular weight is 265 g/mol. The molecule has 1 aromatic carbocycles. The molecule has 1 aliphatic rings. The lowest BCUT2D eigenvalue weighted by Crippen LogP contribution is -2.38. The van der Waals surface area contributed by atoms with Gasteiger partial charge in [0.1, 0.15) is 0 Å². The highest BCUT2D eigenvalue weighted by Crippen LogP contribution is 2.25. The van der Waals surface area contributed by atoms with Crippen molar-refractivity contribution in [2.75, 3.05) is 26.0 Å². The van der Waals surface area contributed by atoms with Gasteiger partial charge in [0.2, 0.25) is 0 Å². The van der Waals surface area contributed by atoms with Crippen LogP contribution in [-0.4, -0.2) is 32.1 Å². The van der Waals surface area contributed by atoms with Gasteiger partial charge in [0.05, 0.1) is 0 Å². The largest absolute Gasteiger partial charge is 0.381 e. The molecule has 2 rings (SSSR count). The van der Waals surface area contributed by atoms with Crippen LogP contribution in [-0.2, 0) is 4.74 Å². The summed E-state index contributed by atoms with van der Waals surface area (Å²) in [5, 5.41) is 3.48. The second-order valence-corrected chi connectivity index (χ2v) is 6.07. The number of nitrogens with one attached hydrogen (secondary N) is 1. The summed E-state index contributed by atoms with van der Waals surface area (Å²) >= 11 is 1.96. The first-order chi connectivity index (χ1) is 8.79. The van der Waals surface area contributed by atoms with Crippen molar-refractivity contribution in [2.45, 2.75) is 30.7 Å². The van der Waals surface area contributed by atoms with Crippen molar-refractivity contribution in [1.82, 2.24) is 5.32 Å². The van der Waals surface area contributed by atoms with E-state index in [-0.39, 0.29) is 0 Å². The Bertz CT molecular complexity index is 363. The first-order valence-corrected chi connectivity index (χ1v) is 7.72. The Kier molecular flexibility index (Phi) is 5.54. The minimum absolute atomic E-state index is 0.597. The third-order valence-corrected chi connectivity index (χ3v) is 4.74. The second kappa shape index (κ2) is 7.17. The molecule has 0 aromatic heterocycles. The Labute approximate surface area is 114 Å². The molecule has 1 unspecified atom stereocenters. The summed E-state index contributed by atoms with van der Waals surface area (Å²) in [7, 11) is 2.08. The monoisotopic (exact) mass is 265 g/mol. The first-order valence-electron chi connectivity index (χ1n) is 6.74. The minimum Gasteiger partial charge on any atom is -0.381 e. The van der Waals surface area contributed by atoms with Crippen LogP contribution in [0, 0.1) is 12.8 Å². The summed E-state index contributed by atoms with van der Waals surface area (Å²) < 4.78 is 5.44. The van der Waals surface area contributed by atoms with E-state index in [1.54, 1.807) is 0 Å². The van der Waals surface area contributed by atoms with E-state index in [0.29, 0.717) is 6.04 Å². The van der Waals surface area contributed by atoms with Gasteiger partial charge < -0.3 is 10.1 Å². The Hall–Kier alpha value is -0.510. The van der Waals surface area contributed by atoms with E-state index in [9.17, 15) is 0 Å². The van der Waals surface area contributed by atoms with Crippen LogP contribution in [0.5, 0.6) is 0 Å². The molecule has 1 saturated heterocycles. The predicted molar refractivity (Wildman–Crippen MR) is 78.3 cm³/mol. The van der Waals surface area contributed by atoms with Gasteiger partial charge in [-0.2, -0.15) is 0 Å². The van der Waals surface area contributed by atoms with Crippen molar-refractivity contribution in [3.8, 4) is 0 Å². The molecule has 1 atom stereocenters. The Morgan fingerprint density at radius 1 is 1.39 bits per heavy atom. The molecule has 1 heterocycles. The summed E-state index contributed by atoms with van der Waals surface area (Å²) in [6.07, 6.45) is 2.39. The van der Waals surface area contributed by atoms with Crippen LogP contribution < -0.4 is 5.32 Å². The highest BCUT2D eigenvalue weighted by molar-refractivity contribution is 7.99. The van der Waals surface area contributed by atoms with Crippen LogP contribution in [0.4, 0.5) is 0 Å². The van der Waals surface area contributed by atoms with Crippen LogP contribution in [0.3, 0.4) is 0 Å². The van der Waals surface area contributed by atoms with Gasteiger partial charge in [-0.25, -0.2) is 0 Å². The molecule has 18 heavy (non-hydrogen) atoms. The van der Waals surface area contributed by atoms with Gasteiger partial charge in [-0.1, -0.05) is 17.7 Å². The maximum Gasteiger partial charge on any atom is 0.0469 e. The number of ether oxygens (including phenoxy) is 1. The molecule has 0 bridgehead atoms. The summed E-state index contributed by atoms with van der Waals surface area (Å²) in [6.45, 7) is 4.01.